The van der Waals surface area contributed by atoms with Gasteiger partial charge in [-0.2, -0.15) is 0 Å². The van der Waals surface area contributed by atoms with E-state index in [0.29, 0.717) is 12.0 Å². The van der Waals surface area contributed by atoms with Gasteiger partial charge in [0.1, 0.15) is 5.82 Å². The fourth-order valence-electron chi connectivity index (χ4n) is 4.98. The van der Waals surface area contributed by atoms with Crippen LogP contribution in [-0.2, 0) is 13.0 Å². The standard InChI is InChI=1S/C23H34N4O/c28-19-5-14-26-12-4-13-27-18-11-24-23(27)22(26)21-9-16-25(17-10-21)15-8-20-6-2-1-3-7-20/h1-3,6-7,11,18,21-22,28H,4-5,8-10,12-17,19H2. The van der Waals surface area contributed by atoms with Crippen LogP contribution in [0.3, 0.4) is 0 Å². The van der Waals surface area contributed by atoms with Crippen LogP contribution < -0.4 is 0 Å². The number of benzene rings is 1. The lowest BCUT2D eigenvalue weighted by Crippen LogP contribution is -2.42. The van der Waals surface area contributed by atoms with Crippen molar-refractivity contribution in [2.75, 3.05) is 39.3 Å². The molecule has 0 spiro atoms. The van der Waals surface area contributed by atoms with Crippen LogP contribution in [0.2, 0.25) is 0 Å². The van der Waals surface area contributed by atoms with Crippen LogP contribution >= 0.6 is 0 Å². The zero-order valence-corrected chi connectivity index (χ0v) is 16.9. The second-order valence-corrected chi connectivity index (χ2v) is 8.31. The number of hydrogen-bond donors (Lipinski definition) is 1. The van der Waals surface area contributed by atoms with Crippen LogP contribution in [0.1, 0.15) is 43.1 Å². The highest BCUT2D eigenvalue weighted by atomic mass is 16.3. The quantitative estimate of drug-likeness (QED) is 0.800. The molecule has 2 aliphatic rings. The van der Waals surface area contributed by atoms with Crippen LogP contribution in [0, 0.1) is 5.92 Å². The minimum absolute atomic E-state index is 0.273. The topological polar surface area (TPSA) is 44.5 Å². The maximum absolute atomic E-state index is 9.35. The van der Waals surface area contributed by atoms with Crippen molar-refractivity contribution >= 4 is 0 Å². The molecule has 2 aromatic rings. The summed E-state index contributed by atoms with van der Waals surface area (Å²) >= 11 is 0. The third-order valence-electron chi connectivity index (χ3n) is 6.49. The minimum Gasteiger partial charge on any atom is -0.396 e. The lowest BCUT2D eigenvalue weighted by atomic mass is 9.87. The molecule has 1 aromatic carbocycles. The zero-order valence-electron chi connectivity index (χ0n) is 16.9. The molecule has 152 valence electrons. The summed E-state index contributed by atoms with van der Waals surface area (Å²) in [7, 11) is 0. The number of imidazole rings is 1. The molecule has 5 nitrogen and oxygen atoms in total. The summed E-state index contributed by atoms with van der Waals surface area (Å²) in [6, 6.07) is 11.2. The number of rotatable bonds is 7. The van der Waals surface area contributed by atoms with Crippen molar-refractivity contribution in [2.24, 2.45) is 5.92 Å². The molecule has 1 unspecified atom stereocenters. The Morgan fingerprint density at radius 2 is 1.82 bits per heavy atom. The van der Waals surface area contributed by atoms with Crippen LogP contribution in [0.25, 0.3) is 0 Å². The number of hydrogen-bond acceptors (Lipinski definition) is 4. The van der Waals surface area contributed by atoms with E-state index < -0.39 is 0 Å². The van der Waals surface area contributed by atoms with Crippen molar-refractivity contribution in [3.05, 3.63) is 54.1 Å². The second-order valence-electron chi connectivity index (χ2n) is 8.31. The van der Waals surface area contributed by atoms with Gasteiger partial charge < -0.3 is 14.6 Å². The van der Waals surface area contributed by atoms with Gasteiger partial charge in [-0.1, -0.05) is 30.3 Å². The average Bonchev–Trinajstić information content (AvgIpc) is 3.13. The molecule has 0 bridgehead atoms. The van der Waals surface area contributed by atoms with Crippen molar-refractivity contribution in [3.8, 4) is 0 Å². The van der Waals surface area contributed by atoms with Crippen LogP contribution in [0.4, 0.5) is 0 Å². The molecule has 0 aliphatic carbocycles. The summed E-state index contributed by atoms with van der Waals surface area (Å²) < 4.78 is 2.37. The molecule has 1 fully saturated rings. The van der Waals surface area contributed by atoms with Gasteiger partial charge in [0.2, 0.25) is 0 Å². The molecule has 1 aromatic heterocycles. The van der Waals surface area contributed by atoms with Gasteiger partial charge in [-0.15, -0.1) is 0 Å². The predicted octanol–water partition coefficient (Wildman–Crippen LogP) is 2.97. The Bertz CT molecular complexity index is 708. The first-order valence-electron chi connectivity index (χ1n) is 11.0. The Labute approximate surface area is 169 Å². The first-order chi connectivity index (χ1) is 13.8. The van der Waals surface area contributed by atoms with E-state index in [4.69, 9.17) is 4.98 Å². The molecule has 1 atom stereocenters. The first kappa shape index (κ1) is 19.6. The summed E-state index contributed by atoms with van der Waals surface area (Å²) in [5.41, 5.74) is 1.44. The Balaban J connectivity index is 1.38. The van der Waals surface area contributed by atoms with Crippen molar-refractivity contribution in [3.63, 3.8) is 0 Å². The number of aliphatic hydroxyl groups is 1. The summed E-state index contributed by atoms with van der Waals surface area (Å²) in [6.07, 6.45) is 9.75. The second kappa shape index (κ2) is 9.68. The van der Waals surface area contributed by atoms with Crippen molar-refractivity contribution in [1.29, 1.82) is 0 Å². The fourth-order valence-corrected chi connectivity index (χ4v) is 4.98. The number of aryl methyl sites for hydroxylation is 1. The summed E-state index contributed by atoms with van der Waals surface area (Å²) in [4.78, 5) is 10.0. The molecule has 0 radical (unpaired) electrons. The molecule has 0 saturated carbocycles. The Morgan fingerprint density at radius 1 is 1.00 bits per heavy atom. The van der Waals surface area contributed by atoms with Crippen LogP contribution in [0.5, 0.6) is 0 Å². The highest BCUT2D eigenvalue weighted by molar-refractivity contribution is 5.15. The van der Waals surface area contributed by atoms with Crippen molar-refractivity contribution in [1.82, 2.24) is 19.4 Å². The number of nitrogens with zero attached hydrogens (tertiary/aromatic N) is 4. The third-order valence-corrected chi connectivity index (χ3v) is 6.49. The molecule has 3 heterocycles. The smallest absolute Gasteiger partial charge is 0.126 e. The van der Waals surface area contributed by atoms with Gasteiger partial charge in [0.25, 0.3) is 0 Å². The molecule has 1 saturated heterocycles. The normalized spacial score (nSPS) is 22.1. The van der Waals surface area contributed by atoms with Gasteiger partial charge in [-0.05, 0) is 56.7 Å². The third kappa shape index (κ3) is 4.65. The molecule has 2 aliphatic heterocycles. The molecular formula is C23H34N4O. The van der Waals surface area contributed by atoms with E-state index in [9.17, 15) is 5.11 Å². The lowest BCUT2D eigenvalue weighted by molar-refractivity contribution is 0.0799. The zero-order chi connectivity index (χ0) is 19.2. The predicted molar refractivity (Wildman–Crippen MR) is 112 cm³/mol. The van der Waals surface area contributed by atoms with E-state index in [0.717, 1.165) is 39.0 Å². The fraction of sp³-hybridized carbons (Fsp3) is 0.609. The number of aromatic nitrogens is 2. The van der Waals surface area contributed by atoms with E-state index in [1.54, 1.807) is 0 Å². The molecular weight excluding hydrogens is 348 g/mol. The SMILES string of the molecule is OCCCN1CCCn2ccnc2C1C1CCN(CCc2ccccc2)CC1. The molecule has 5 heteroatoms. The average molecular weight is 383 g/mol. The summed E-state index contributed by atoms with van der Waals surface area (Å²) in [5, 5.41) is 9.35. The van der Waals surface area contributed by atoms with E-state index in [1.807, 2.05) is 6.20 Å². The lowest BCUT2D eigenvalue weighted by Gasteiger charge is -2.40. The number of fused-ring (bicyclic) bond motifs is 1. The maximum atomic E-state index is 9.35. The Morgan fingerprint density at radius 3 is 2.61 bits per heavy atom. The largest absolute Gasteiger partial charge is 0.396 e. The number of aliphatic hydroxyl groups excluding tert-OH is 1. The van der Waals surface area contributed by atoms with Crippen LogP contribution in [0.15, 0.2) is 42.7 Å². The highest BCUT2D eigenvalue weighted by Gasteiger charge is 2.35. The van der Waals surface area contributed by atoms with Crippen molar-refractivity contribution < 1.29 is 5.11 Å². The van der Waals surface area contributed by atoms with E-state index in [2.05, 4.69) is 50.9 Å². The first-order valence-corrected chi connectivity index (χ1v) is 11.0. The molecule has 28 heavy (non-hydrogen) atoms. The molecule has 1 N–H and O–H groups in total. The van der Waals surface area contributed by atoms with Gasteiger partial charge in [-0.25, -0.2) is 4.98 Å². The van der Waals surface area contributed by atoms with Gasteiger partial charge in [0.15, 0.2) is 0 Å². The van der Waals surface area contributed by atoms with E-state index in [1.165, 1.54) is 43.7 Å². The van der Waals surface area contributed by atoms with Gasteiger partial charge in [-0.3, -0.25) is 4.90 Å². The maximum Gasteiger partial charge on any atom is 0.126 e. The van der Waals surface area contributed by atoms with E-state index in [-0.39, 0.29) is 6.61 Å². The van der Waals surface area contributed by atoms with Crippen LogP contribution in [-0.4, -0.2) is 63.8 Å². The minimum atomic E-state index is 0.273. The van der Waals surface area contributed by atoms with Gasteiger partial charge in [0.05, 0.1) is 6.04 Å². The van der Waals surface area contributed by atoms with Gasteiger partial charge in [0, 0.05) is 45.2 Å². The van der Waals surface area contributed by atoms with Crippen molar-refractivity contribution in [2.45, 2.75) is 44.7 Å². The number of likely N-dealkylation sites (tertiary alicyclic amines) is 1. The number of piperidine rings is 1. The summed E-state index contributed by atoms with van der Waals surface area (Å²) in [6.45, 7) is 6.95. The van der Waals surface area contributed by atoms with E-state index >= 15 is 0 Å². The highest BCUT2D eigenvalue weighted by Crippen LogP contribution is 2.36. The monoisotopic (exact) mass is 382 g/mol. The van der Waals surface area contributed by atoms with Gasteiger partial charge >= 0.3 is 0 Å². The Kier molecular flexibility index (Phi) is 6.78. The summed E-state index contributed by atoms with van der Waals surface area (Å²) in [5.74, 6) is 1.91. The Hall–Kier alpha value is -1.69. The molecule has 4 rings (SSSR count). The molecule has 0 amide bonds.